The largest absolute Gasteiger partial charge is 0.478 e. The van der Waals surface area contributed by atoms with Gasteiger partial charge in [-0.05, 0) is 85.5 Å². The molecule has 0 aliphatic heterocycles. The molecule has 6 rings (SSSR count). The van der Waals surface area contributed by atoms with E-state index in [0.717, 1.165) is 35.9 Å². The van der Waals surface area contributed by atoms with Crippen molar-refractivity contribution >= 4 is 5.97 Å². The van der Waals surface area contributed by atoms with Crippen LogP contribution in [0.2, 0.25) is 0 Å². The Kier molecular flexibility index (Phi) is 3.92. The Morgan fingerprint density at radius 3 is 2.22 bits per heavy atom. The number of hydrogen-bond acceptors (Lipinski definition) is 3. The zero-order valence-corrected chi connectivity index (χ0v) is 15.0. The molecule has 0 amide bonds. The highest BCUT2D eigenvalue weighted by Crippen LogP contribution is 2.59. The number of hydrogen-bond donors (Lipinski definition) is 1. The lowest BCUT2D eigenvalue weighted by molar-refractivity contribution is -0.00279. The number of carboxylic acid groups (broad SMARTS) is 1. The van der Waals surface area contributed by atoms with Crippen LogP contribution in [0.15, 0.2) is 36.5 Å². The maximum atomic E-state index is 14.0. The van der Waals surface area contributed by atoms with Gasteiger partial charge in [-0.1, -0.05) is 12.1 Å². The molecule has 140 valence electrons. The highest BCUT2D eigenvalue weighted by molar-refractivity contribution is 5.87. The molecule has 0 radical (unpaired) electrons. The van der Waals surface area contributed by atoms with Crippen molar-refractivity contribution in [2.75, 3.05) is 0 Å². The van der Waals surface area contributed by atoms with Crippen LogP contribution in [0.5, 0.6) is 11.6 Å². The number of carboxylic acids is 1. The summed E-state index contributed by atoms with van der Waals surface area (Å²) in [6, 6.07) is 8.87. The lowest BCUT2D eigenvalue weighted by Crippen LogP contribution is -2.43. The van der Waals surface area contributed by atoms with E-state index in [4.69, 9.17) is 9.84 Å². The molecule has 1 aromatic heterocycles. The first-order chi connectivity index (χ1) is 13.1. The Balaban J connectivity index is 1.33. The SMILES string of the molecule is O=C(O)c1cnc(Oc2ccc(C3C4CC5CC(C4)CC3C5)cc2)c(F)c1. The van der Waals surface area contributed by atoms with Crippen molar-refractivity contribution in [1.29, 1.82) is 0 Å². The Morgan fingerprint density at radius 1 is 1.04 bits per heavy atom. The Hall–Kier alpha value is -2.43. The molecule has 0 atom stereocenters. The molecule has 27 heavy (non-hydrogen) atoms. The minimum absolute atomic E-state index is 0.197. The smallest absolute Gasteiger partial charge is 0.337 e. The van der Waals surface area contributed by atoms with Gasteiger partial charge in [0.15, 0.2) is 5.82 Å². The highest BCUT2D eigenvalue weighted by atomic mass is 19.1. The average molecular weight is 367 g/mol. The number of aromatic carboxylic acids is 1. The molecule has 4 bridgehead atoms. The molecular formula is C22H22FNO3. The third-order valence-corrected chi connectivity index (χ3v) is 6.76. The van der Waals surface area contributed by atoms with Crippen molar-refractivity contribution in [3.05, 3.63) is 53.5 Å². The van der Waals surface area contributed by atoms with Gasteiger partial charge in [0.1, 0.15) is 5.75 Å². The molecule has 0 unspecified atom stereocenters. The minimum Gasteiger partial charge on any atom is -0.478 e. The number of benzene rings is 1. The van der Waals surface area contributed by atoms with Gasteiger partial charge in [-0.2, -0.15) is 0 Å². The monoisotopic (exact) mass is 367 g/mol. The summed E-state index contributed by atoms with van der Waals surface area (Å²) in [4.78, 5) is 14.7. The first kappa shape index (κ1) is 16.7. The predicted molar refractivity (Wildman–Crippen MR) is 97.5 cm³/mol. The zero-order chi connectivity index (χ0) is 18.5. The van der Waals surface area contributed by atoms with Gasteiger partial charge in [0.25, 0.3) is 5.88 Å². The van der Waals surface area contributed by atoms with Crippen molar-refractivity contribution < 1.29 is 19.0 Å². The summed E-state index contributed by atoms with van der Waals surface area (Å²) in [5, 5.41) is 8.88. The van der Waals surface area contributed by atoms with Crippen molar-refractivity contribution in [1.82, 2.24) is 4.98 Å². The quantitative estimate of drug-likeness (QED) is 0.802. The predicted octanol–water partition coefficient (Wildman–Crippen LogP) is 5.25. The van der Waals surface area contributed by atoms with Crippen LogP contribution in [-0.2, 0) is 0 Å². The van der Waals surface area contributed by atoms with Crippen LogP contribution in [0.25, 0.3) is 0 Å². The zero-order valence-electron chi connectivity index (χ0n) is 15.0. The number of carbonyl (C=O) groups is 1. The average Bonchev–Trinajstić information content (AvgIpc) is 2.63. The van der Waals surface area contributed by atoms with Crippen molar-refractivity contribution in [3.63, 3.8) is 0 Å². The molecule has 4 fully saturated rings. The number of nitrogens with zero attached hydrogens (tertiary/aromatic N) is 1. The van der Waals surface area contributed by atoms with Crippen LogP contribution in [0.1, 0.15) is 53.9 Å². The van der Waals surface area contributed by atoms with E-state index in [1.807, 2.05) is 12.1 Å². The molecule has 2 aromatic rings. The second kappa shape index (κ2) is 6.32. The van der Waals surface area contributed by atoms with Gasteiger partial charge in [-0.25, -0.2) is 14.2 Å². The highest BCUT2D eigenvalue weighted by Gasteiger charge is 2.48. The van der Waals surface area contributed by atoms with Gasteiger partial charge >= 0.3 is 5.97 Å². The van der Waals surface area contributed by atoms with E-state index in [0.29, 0.717) is 11.7 Å². The first-order valence-electron chi connectivity index (χ1n) is 9.73. The molecule has 4 nitrogen and oxygen atoms in total. The van der Waals surface area contributed by atoms with Gasteiger partial charge in [0, 0.05) is 6.20 Å². The summed E-state index contributed by atoms with van der Waals surface area (Å²) in [6.45, 7) is 0. The Bertz CT molecular complexity index is 852. The Labute approximate surface area is 157 Å². The maximum Gasteiger partial charge on any atom is 0.337 e. The lowest BCUT2D eigenvalue weighted by atomic mass is 9.51. The van der Waals surface area contributed by atoms with E-state index in [2.05, 4.69) is 17.1 Å². The molecule has 1 heterocycles. The third-order valence-electron chi connectivity index (χ3n) is 6.76. The van der Waals surface area contributed by atoms with Gasteiger partial charge in [0.05, 0.1) is 5.56 Å². The van der Waals surface area contributed by atoms with Gasteiger partial charge in [-0.3, -0.25) is 0 Å². The summed E-state index contributed by atoms with van der Waals surface area (Å²) in [5.41, 5.74) is 1.17. The normalized spacial score (nSPS) is 31.1. The van der Waals surface area contributed by atoms with Crippen LogP contribution >= 0.6 is 0 Å². The molecule has 1 N–H and O–H groups in total. The topological polar surface area (TPSA) is 59.4 Å². The summed E-state index contributed by atoms with van der Waals surface area (Å²) in [6.07, 6.45) is 8.05. The number of halogens is 1. The summed E-state index contributed by atoms with van der Waals surface area (Å²) in [7, 11) is 0. The van der Waals surface area contributed by atoms with Crippen LogP contribution in [0.3, 0.4) is 0 Å². The molecule has 0 spiro atoms. The molecular weight excluding hydrogens is 345 g/mol. The van der Waals surface area contributed by atoms with Crippen LogP contribution in [0.4, 0.5) is 4.39 Å². The molecule has 4 saturated carbocycles. The van der Waals surface area contributed by atoms with Crippen LogP contribution in [-0.4, -0.2) is 16.1 Å². The molecule has 4 aliphatic carbocycles. The van der Waals surface area contributed by atoms with E-state index in [9.17, 15) is 9.18 Å². The fourth-order valence-corrected chi connectivity index (χ4v) is 5.96. The maximum absolute atomic E-state index is 14.0. The van der Waals surface area contributed by atoms with E-state index in [-0.39, 0.29) is 11.4 Å². The molecule has 4 aliphatic rings. The van der Waals surface area contributed by atoms with Crippen LogP contribution in [0, 0.1) is 29.5 Å². The van der Waals surface area contributed by atoms with Gasteiger partial charge in [-0.15, -0.1) is 0 Å². The fraction of sp³-hybridized carbons (Fsp3) is 0.455. The third kappa shape index (κ3) is 2.99. The van der Waals surface area contributed by atoms with E-state index >= 15 is 0 Å². The van der Waals surface area contributed by atoms with Gasteiger partial charge in [0.2, 0.25) is 0 Å². The summed E-state index contributed by atoms with van der Waals surface area (Å²) < 4.78 is 19.5. The lowest BCUT2D eigenvalue weighted by Gasteiger charge is -2.54. The number of ether oxygens (including phenoxy) is 1. The molecule has 1 aromatic carbocycles. The Morgan fingerprint density at radius 2 is 1.67 bits per heavy atom. The van der Waals surface area contributed by atoms with Crippen molar-refractivity contribution in [2.24, 2.45) is 23.7 Å². The van der Waals surface area contributed by atoms with Crippen LogP contribution < -0.4 is 4.74 Å². The summed E-state index contributed by atoms with van der Waals surface area (Å²) >= 11 is 0. The fourth-order valence-electron chi connectivity index (χ4n) is 5.96. The second-order valence-corrected chi connectivity index (χ2v) is 8.44. The standard InChI is InChI=1S/C22H22FNO3/c23-19-10-17(22(25)26)11-24-21(19)27-18-3-1-14(2-4-18)20-15-6-12-5-13(8-15)9-16(20)7-12/h1-4,10-13,15-16,20H,5-9H2,(H,25,26). The van der Waals surface area contributed by atoms with E-state index in [1.165, 1.54) is 37.7 Å². The number of rotatable bonds is 4. The molecule has 5 heteroatoms. The number of aromatic nitrogens is 1. The molecule has 0 saturated heterocycles. The van der Waals surface area contributed by atoms with E-state index < -0.39 is 11.8 Å². The van der Waals surface area contributed by atoms with Crippen molar-refractivity contribution in [2.45, 2.75) is 38.0 Å². The summed E-state index contributed by atoms with van der Waals surface area (Å²) in [5.74, 6) is 2.50. The van der Waals surface area contributed by atoms with E-state index in [1.54, 1.807) is 0 Å². The number of pyridine rings is 1. The second-order valence-electron chi connectivity index (χ2n) is 8.44. The minimum atomic E-state index is -1.21. The first-order valence-corrected chi connectivity index (χ1v) is 9.73. The van der Waals surface area contributed by atoms with Crippen molar-refractivity contribution in [3.8, 4) is 11.6 Å². The van der Waals surface area contributed by atoms with Gasteiger partial charge < -0.3 is 9.84 Å².